The first-order valence-electron chi connectivity index (χ1n) is 5.26. The van der Waals surface area contributed by atoms with E-state index < -0.39 is 17.4 Å². The average Bonchev–Trinajstić information content (AvgIpc) is 2.02. The van der Waals surface area contributed by atoms with Crippen LogP contribution < -0.4 is 0 Å². The third-order valence-electron chi connectivity index (χ3n) is 1.35. The first-order chi connectivity index (χ1) is 6.37. The summed E-state index contributed by atoms with van der Waals surface area (Å²) in [7, 11) is -1.96. The van der Waals surface area contributed by atoms with E-state index in [0.29, 0.717) is 0 Å². The van der Waals surface area contributed by atoms with Crippen molar-refractivity contribution in [1.82, 2.24) is 0 Å². The molecule has 1 unspecified atom stereocenters. The molecule has 0 saturated heterocycles. The molecule has 0 amide bonds. The summed E-state index contributed by atoms with van der Waals surface area (Å²) in [4.78, 5) is 0. The summed E-state index contributed by atoms with van der Waals surface area (Å²) in [6.45, 7) is 11.1. The van der Waals surface area contributed by atoms with E-state index >= 15 is 0 Å². The summed E-state index contributed by atoms with van der Waals surface area (Å²) >= 11 is 0. The van der Waals surface area contributed by atoms with E-state index in [0.717, 1.165) is 0 Å². The summed E-state index contributed by atoms with van der Waals surface area (Å²) in [6.07, 6.45) is 1.29. The molecule has 0 aromatic carbocycles. The van der Waals surface area contributed by atoms with E-state index in [-0.39, 0.29) is 13.2 Å². The highest BCUT2D eigenvalue weighted by molar-refractivity contribution is 6.77. The fourth-order valence-corrected chi connectivity index (χ4v) is 7.18. The molecule has 2 N–H and O–H groups in total. The Hall–Kier alpha value is 0.314. The standard InChI is InChI=1S/C7H20OSi2.C2H6O2/c1-6-7-9(2)8-10(3,4)5;3-1-2-4/h9H,6-7H2,1-5H3;3-4H,1-2H2. The maximum absolute atomic E-state index is 7.62. The highest BCUT2D eigenvalue weighted by Crippen LogP contribution is 2.08. The zero-order valence-electron chi connectivity index (χ0n) is 10.2. The van der Waals surface area contributed by atoms with Crippen LogP contribution in [0.3, 0.4) is 0 Å². The molecule has 1 atom stereocenters. The highest BCUT2D eigenvalue weighted by Gasteiger charge is 2.17. The molecule has 88 valence electrons. The zero-order valence-corrected chi connectivity index (χ0v) is 12.4. The van der Waals surface area contributed by atoms with Gasteiger partial charge in [0.15, 0.2) is 17.4 Å². The quantitative estimate of drug-likeness (QED) is 0.715. The van der Waals surface area contributed by atoms with Gasteiger partial charge in [-0.05, 0) is 32.2 Å². The van der Waals surface area contributed by atoms with Crippen molar-refractivity contribution in [2.45, 2.75) is 45.6 Å². The molecular formula is C9H26O3Si2. The zero-order chi connectivity index (χ0) is 11.6. The molecule has 5 heteroatoms. The summed E-state index contributed by atoms with van der Waals surface area (Å²) in [5.74, 6) is 0. The first kappa shape index (κ1) is 16.7. The van der Waals surface area contributed by atoms with Gasteiger partial charge < -0.3 is 14.3 Å². The smallest absolute Gasteiger partial charge is 0.170 e. The molecule has 0 radical (unpaired) electrons. The second kappa shape index (κ2) is 9.85. The van der Waals surface area contributed by atoms with Gasteiger partial charge in [0, 0.05) is 0 Å². The van der Waals surface area contributed by atoms with Crippen molar-refractivity contribution in [3.8, 4) is 0 Å². The molecule has 14 heavy (non-hydrogen) atoms. The van der Waals surface area contributed by atoms with Gasteiger partial charge in [-0.25, -0.2) is 0 Å². The third-order valence-corrected chi connectivity index (χ3v) is 7.18. The Balaban J connectivity index is 0. The van der Waals surface area contributed by atoms with Gasteiger partial charge in [-0.15, -0.1) is 0 Å². The van der Waals surface area contributed by atoms with Gasteiger partial charge in [0.2, 0.25) is 0 Å². The lowest BCUT2D eigenvalue weighted by Crippen LogP contribution is -2.32. The maximum Gasteiger partial charge on any atom is 0.170 e. The van der Waals surface area contributed by atoms with Crippen molar-refractivity contribution in [3.63, 3.8) is 0 Å². The number of hydrogen-bond acceptors (Lipinski definition) is 3. The minimum atomic E-state index is -1.20. The Labute approximate surface area is 91.0 Å². The van der Waals surface area contributed by atoms with Gasteiger partial charge in [0.1, 0.15) is 0 Å². The van der Waals surface area contributed by atoms with E-state index in [9.17, 15) is 0 Å². The van der Waals surface area contributed by atoms with Gasteiger partial charge in [-0.2, -0.15) is 0 Å². The Morgan fingerprint density at radius 2 is 1.57 bits per heavy atom. The Morgan fingerprint density at radius 1 is 1.14 bits per heavy atom. The molecule has 0 rings (SSSR count). The molecule has 0 aromatic heterocycles. The van der Waals surface area contributed by atoms with Gasteiger partial charge in [-0.1, -0.05) is 13.3 Å². The molecule has 0 aromatic rings. The predicted molar refractivity (Wildman–Crippen MR) is 66.7 cm³/mol. The lowest BCUT2D eigenvalue weighted by molar-refractivity contribution is 0.186. The second-order valence-corrected chi connectivity index (χ2v) is 11.6. The molecule has 0 spiro atoms. The van der Waals surface area contributed by atoms with Crippen molar-refractivity contribution in [1.29, 1.82) is 0 Å². The molecule has 0 aliphatic heterocycles. The second-order valence-electron chi connectivity index (χ2n) is 4.28. The van der Waals surface area contributed by atoms with Crippen molar-refractivity contribution in [2.75, 3.05) is 13.2 Å². The minimum Gasteiger partial charge on any atom is -0.458 e. The molecule has 0 bridgehead atoms. The van der Waals surface area contributed by atoms with Crippen LogP contribution in [0.5, 0.6) is 0 Å². The number of hydrogen-bond donors (Lipinski definition) is 2. The fraction of sp³-hybridized carbons (Fsp3) is 1.00. The summed E-state index contributed by atoms with van der Waals surface area (Å²) in [6, 6.07) is 1.34. The van der Waals surface area contributed by atoms with E-state index in [1.807, 2.05) is 0 Å². The molecule has 0 saturated carbocycles. The lowest BCUT2D eigenvalue weighted by Gasteiger charge is -2.22. The van der Waals surface area contributed by atoms with Crippen LogP contribution in [0.1, 0.15) is 13.3 Å². The number of aliphatic hydroxyl groups excluding tert-OH is 2. The predicted octanol–water partition coefficient (Wildman–Crippen LogP) is 1.57. The third kappa shape index (κ3) is 18.2. The molecule has 0 aliphatic carbocycles. The number of rotatable bonds is 5. The topological polar surface area (TPSA) is 49.7 Å². The van der Waals surface area contributed by atoms with Crippen LogP contribution >= 0.6 is 0 Å². The highest BCUT2D eigenvalue weighted by atomic mass is 28.4. The van der Waals surface area contributed by atoms with Crippen molar-refractivity contribution in [3.05, 3.63) is 0 Å². The van der Waals surface area contributed by atoms with Crippen LogP contribution in [0.4, 0.5) is 0 Å². The number of aliphatic hydroxyl groups is 2. The Bertz CT molecular complexity index is 113. The summed E-state index contributed by atoms with van der Waals surface area (Å²) < 4.78 is 5.96. The van der Waals surface area contributed by atoms with Crippen LogP contribution in [0.2, 0.25) is 32.2 Å². The molecule has 0 aliphatic rings. The van der Waals surface area contributed by atoms with Gasteiger partial charge >= 0.3 is 0 Å². The van der Waals surface area contributed by atoms with Crippen LogP contribution in [0.25, 0.3) is 0 Å². The average molecular weight is 238 g/mol. The largest absolute Gasteiger partial charge is 0.458 e. The van der Waals surface area contributed by atoms with Gasteiger partial charge in [0.05, 0.1) is 13.2 Å². The molecule has 0 heterocycles. The fourth-order valence-electron chi connectivity index (χ4n) is 1.07. The lowest BCUT2D eigenvalue weighted by atomic mass is 10.6. The monoisotopic (exact) mass is 238 g/mol. The van der Waals surface area contributed by atoms with E-state index in [2.05, 4.69) is 33.1 Å². The Kier molecular flexibility index (Phi) is 11.8. The normalized spacial score (nSPS) is 13.1. The van der Waals surface area contributed by atoms with Gasteiger partial charge in [0.25, 0.3) is 0 Å². The summed E-state index contributed by atoms with van der Waals surface area (Å²) in [5, 5.41) is 15.2. The Morgan fingerprint density at radius 3 is 1.79 bits per heavy atom. The molecule has 3 nitrogen and oxygen atoms in total. The van der Waals surface area contributed by atoms with Crippen LogP contribution in [0.15, 0.2) is 0 Å². The van der Waals surface area contributed by atoms with Crippen molar-refractivity contribution >= 4 is 17.4 Å². The first-order valence-corrected chi connectivity index (χ1v) is 11.1. The molecule has 0 fully saturated rings. The van der Waals surface area contributed by atoms with Crippen molar-refractivity contribution in [2.24, 2.45) is 0 Å². The van der Waals surface area contributed by atoms with Crippen molar-refractivity contribution < 1.29 is 14.3 Å². The van der Waals surface area contributed by atoms with Crippen LogP contribution in [-0.4, -0.2) is 40.8 Å². The van der Waals surface area contributed by atoms with Crippen LogP contribution in [-0.2, 0) is 4.12 Å². The van der Waals surface area contributed by atoms with E-state index in [1.54, 1.807) is 0 Å². The van der Waals surface area contributed by atoms with E-state index in [1.165, 1.54) is 12.5 Å². The summed E-state index contributed by atoms with van der Waals surface area (Å²) in [5.41, 5.74) is 0. The molecular weight excluding hydrogens is 212 g/mol. The maximum atomic E-state index is 7.62. The SMILES string of the molecule is CCC[SiH](C)O[Si](C)(C)C.OCCO. The van der Waals surface area contributed by atoms with Crippen LogP contribution in [0, 0.1) is 0 Å². The minimum absolute atomic E-state index is 0.125. The van der Waals surface area contributed by atoms with Gasteiger partial charge in [-0.3, -0.25) is 0 Å². The van der Waals surface area contributed by atoms with E-state index in [4.69, 9.17) is 14.3 Å².